The Bertz CT molecular complexity index is 1540. The third-order valence-corrected chi connectivity index (χ3v) is 8.06. The Morgan fingerprint density at radius 3 is 2.39 bits per heavy atom. The number of hydrogen-bond donors (Lipinski definition) is 2. The summed E-state index contributed by atoms with van der Waals surface area (Å²) in [4.78, 5) is 55.2. The van der Waals surface area contributed by atoms with Crippen LogP contribution in [0.3, 0.4) is 0 Å². The van der Waals surface area contributed by atoms with Gasteiger partial charge in [-0.3, -0.25) is 24.4 Å². The fourth-order valence-corrected chi connectivity index (χ4v) is 5.74. The van der Waals surface area contributed by atoms with Crippen LogP contribution in [0.4, 0.5) is 10.5 Å². The van der Waals surface area contributed by atoms with Gasteiger partial charge in [-0.15, -0.1) is 0 Å². The van der Waals surface area contributed by atoms with Gasteiger partial charge in [-0.05, 0) is 69.5 Å². The predicted molar refractivity (Wildman–Crippen MR) is 154 cm³/mol. The van der Waals surface area contributed by atoms with E-state index in [0.717, 1.165) is 22.4 Å². The fraction of sp³-hybridized carbons (Fsp3) is 0.387. The normalized spacial score (nSPS) is 18.8. The van der Waals surface area contributed by atoms with Gasteiger partial charge < -0.3 is 15.1 Å². The van der Waals surface area contributed by atoms with Crippen molar-refractivity contribution >= 4 is 29.4 Å². The zero-order valence-electron chi connectivity index (χ0n) is 24.3. The molecule has 0 bridgehead atoms. The number of fused-ring (bicyclic) bond motifs is 1. The van der Waals surface area contributed by atoms with Gasteiger partial charge in [-0.2, -0.15) is 5.10 Å². The molecule has 1 aliphatic carbocycles. The van der Waals surface area contributed by atoms with Gasteiger partial charge in [-0.1, -0.05) is 36.4 Å². The zero-order valence-corrected chi connectivity index (χ0v) is 24.3. The molecule has 1 fully saturated rings. The number of nitrogens with one attached hydrogen (secondary N) is 2. The molecule has 1 aliphatic heterocycles. The summed E-state index contributed by atoms with van der Waals surface area (Å²) < 4.78 is 1.71. The third-order valence-electron chi connectivity index (χ3n) is 8.06. The topological polar surface area (TPSA) is 117 Å². The van der Waals surface area contributed by atoms with Gasteiger partial charge in [-0.25, -0.2) is 4.79 Å². The van der Waals surface area contributed by atoms with Crippen molar-refractivity contribution in [3.63, 3.8) is 0 Å². The van der Waals surface area contributed by atoms with Crippen LogP contribution in [0.2, 0.25) is 0 Å². The maximum Gasteiger partial charge on any atom is 0.324 e. The SMILES string of the molecule is Cc1cc(C(=O)N(CC(=O)Nc2ccc3c(c2)C[C@@]2(C3)C(=O)NC(=O)N2C)[C@H](C)c2ccccc2)n(C(C)(C)C)n1. The van der Waals surface area contributed by atoms with Crippen LogP contribution in [-0.2, 0) is 28.0 Å². The Balaban J connectivity index is 1.39. The van der Waals surface area contributed by atoms with E-state index in [0.29, 0.717) is 24.2 Å². The van der Waals surface area contributed by atoms with Crippen LogP contribution >= 0.6 is 0 Å². The molecule has 0 unspecified atom stereocenters. The summed E-state index contributed by atoms with van der Waals surface area (Å²) in [7, 11) is 1.63. The molecule has 5 rings (SSSR count). The van der Waals surface area contributed by atoms with Gasteiger partial charge >= 0.3 is 6.03 Å². The van der Waals surface area contributed by atoms with E-state index in [1.54, 1.807) is 28.8 Å². The third kappa shape index (κ3) is 5.10. The molecule has 1 spiro atoms. The number of urea groups is 1. The Hall–Kier alpha value is -4.47. The number of carbonyl (C=O) groups excluding carboxylic acids is 4. The number of rotatable bonds is 6. The maximum atomic E-state index is 14.0. The number of nitrogens with zero attached hydrogens (tertiary/aromatic N) is 4. The number of aromatic nitrogens is 2. The molecule has 0 radical (unpaired) electrons. The molecule has 2 atom stereocenters. The van der Waals surface area contributed by atoms with Gasteiger partial charge in [0.15, 0.2) is 0 Å². The molecule has 2 aromatic carbocycles. The summed E-state index contributed by atoms with van der Waals surface area (Å²) in [5.41, 5.74) is 3.09. The lowest BCUT2D eigenvalue weighted by atomic mass is 9.95. The van der Waals surface area contributed by atoms with E-state index in [9.17, 15) is 19.2 Å². The fourth-order valence-electron chi connectivity index (χ4n) is 5.74. The van der Waals surface area contributed by atoms with Gasteiger partial charge in [0, 0.05) is 25.6 Å². The summed E-state index contributed by atoms with van der Waals surface area (Å²) >= 11 is 0. The van der Waals surface area contributed by atoms with Gasteiger partial charge in [0.2, 0.25) is 5.91 Å². The molecule has 214 valence electrons. The quantitative estimate of drug-likeness (QED) is 0.448. The Labute approximate surface area is 239 Å². The predicted octanol–water partition coefficient (Wildman–Crippen LogP) is 3.81. The average Bonchev–Trinajstić information content (AvgIpc) is 3.57. The van der Waals surface area contributed by atoms with Crippen molar-refractivity contribution in [2.45, 2.75) is 64.6 Å². The van der Waals surface area contributed by atoms with Crippen molar-refractivity contribution in [1.82, 2.24) is 24.9 Å². The van der Waals surface area contributed by atoms with Crippen LogP contribution in [0.5, 0.6) is 0 Å². The van der Waals surface area contributed by atoms with Crippen molar-refractivity contribution in [2.24, 2.45) is 0 Å². The molecule has 1 aromatic heterocycles. The number of hydrogen-bond acceptors (Lipinski definition) is 5. The molecule has 1 saturated heterocycles. The van der Waals surface area contributed by atoms with E-state index in [1.165, 1.54) is 4.90 Å². The first-order chi connectivity index (χ1) is 19.3. The highest BCUT2D eigenvalue weighted by atomic mass is 16.2. The number of amides is 5. The van der Waals surface area contributed by atoms with Crippen LogP contribution in [0.1, 0.15) is 66.6 Å². The maximum absolute atomic E-state index is 14.0. The number of likely N-dealkylation sites (N-methyl/N-ethyl adjacent to an activating group) is 1. The van der Waals surface area contributed by atoms with Gasteiger partial charge in [0.05, 0.1) is 17.3 Å². The molecule has 0 saturated carbocycles. The summed E-state index contributed by atoms with van der Waals surface area (Å²) in [6.45, 7) is 9.52. The van der Waals surface area contributed by atoms with Crippen LogP contribution in [0, 0.1) is 6.92 Å². The molecule has 10 nitrogen and oxygen atoms in total. The average molecular weight is 557 g/mol. The Kier molecular flexibility index (Phi) is 6.97. The van der Waals surface area contributed by atoms with E-state index >= 15 is 0 Å². The minimum atomic E-state index is -0.940. The van der Waals surface area contributed by atoms with Crippen LogP contribution in [-0.4, -0.2) is 62.5 Å². The number of imide groups is 1. The van der Waals surface area contributed by atoms with Crippen LogP contribution in [0.25, 0.3) is 0 Å². The molecule has 41 heavy (non-hydrogen) atoms. The van der Waals surface area contributed by atoms with E-state index in [1.807, 2.05) is 77.1 Å². The van der Waals surface area contributed by atoms with Gasteiger partial charge in [0.1, 0.15) is 17.8 Å². The van der Waals surface area contributed by atoms with E-state index < -0.39 is 17.1 Å². The molecule has 2 heterocycles. The molecular formula is C31H36N6O4. The molecule has 10 heteroatoms. The largest absolute Gasteiger partial charge is 0.325 e. The lowest BCUT2D eigenvalue weighted by Crippen LogP contribution is -2.48. The molecule has 2 aliphatic rings. The second-order valence-corrected chi connectivity index (χ2v) is 12.0. The molecular weight excluding hydrogens is 520 g/mol. The number of aryl methyl sites for hydroxylation is 1. The highest BCUT2D eigenvalue weighted by Crippen LogP contribution is 2.38. The van der Waals surface area contributed by atoms with Crippen LogP contribution in [0.15, 0.2) is 54.6 Å². The lowest BCUT2D eigenvalue weighted by Gasteiger charge is -2.31. The number of benzene rings is 2. The Morgan fingerprint density at radius 1 is 1.07 bits per heavy atom. The standard InChI is InChI=1S/C31H36N6O4/c1-19-14-25(37(34-19)30(3,4)5)27(39)36(20(2)21-10-8-7-9-11-21)18-26(38)32-24-13-12-22-16-31(17-23(22)15-24)28(40)33-29(41)35(31)6/h7-15,20H,16-18H2,1-6H3,(H,32,38)(H,33,40,41)/t20-,31+/m1/s1. The second-order valence-electron chi connectivity index (χ2n) is 12.0. The highest BCUT2D eigenvalue weighted by Gasteiger charge is 2.54. The highest BCUT2D eigenvalue weighted by molar-refractivity contribution is 6.07. The summed E-state index contributed by atoms with van der Waals surface area (Å²) in [5.74, 6) is -0.943. The minimum absolute atomic E-state index is 0.177. The first-order valence-electron chi connectivity index (χ1n) is 13.7. The first-order valence-corrected chi connectivity index (χ1v) is 13.7. The zero-order chi connectivity index (χ0) is 29.7. The van der Waals surface area contributed by atoms with Gasteiger partial charge in [0.25, 0.3) is 11.8 Å². The Morgan fingerprint density at radius 2 is 1.76 bits per heavy atom. The smallest absolute Gasteiger partial charge is 0.324 e. The number of anilines is 1. The van der Waals surface area contributed by atoms with Crippen LogP contribution < -0.4 is 10.6 Å². The summed E-state index contributed by atoms with van der Waals surface area (Å²) in [6.07, 6.45) is 0.786. The van der Waals surface area contributed by atoms with Crippen molar-refractivity contribution in [3.05, 3.63) is 82.7 Å². The molecule has 5 amide bonds. The van der Waals surface area contributed by atoms with Crippen molar-refractivity contribution < 1.29 is 19.2 Å². The second kappa shape index (κ2) is 10.2. The summed E-state index contributed by atoms with van der Waals surface area (Å²) in [5, 5.41) is 9.90. The van der Waals surface area contributed by atoms with E-state index in [4.69, 9.17) is 0 Å². The molecule has 3 aromatic rings. The van der Waals surface area contributed by atoms with Crippen molar-refractivity contribution in [2.75, 3.05) is 18.9 Å². The minimum Gasteiger partial charge on any atom is -0.325 e. The van der Waals surface area contributed by atoms with Crippen molar-refractivity contribution in [1.29, 1.82) is 0 Å². The van der Waals surface area contributed by atoms with E-state index in [2.05, 4.69) is 15.7 Å². The van der Waals surface area contributed by atoms with Crippen molar-refractivity contribution in [3.8, 4) is 0 Å². The summed E-state index contributed by atoms with van der Waals surface area (Å²) in [6, 6.07) is 16.1. The van der Waals surface area contributed by atoms with E-state index in [-0.39, 0.29) is 30.3 Å². The number of carbonyl (C=O) groups is 4. The first kappa shape index (κ1) is 28.1. The molecule has 2 N–H and O–H groups in total. The lowest BCUT2D eigenvalue weighted by molar-refractivity contribution is -0.125. The monoisotopic (exact) mass is 556 g/mol.